The molecule has 0 saturated carbocycles. The number of hydrogen-bond donors (Lipinski definition) is 1. The number of thiophene rings is 1. The average Bonchev–Trinajstić information content (AvgIpc) is 2.68. The van der Waals surface area contributed by atoms with Gasteiger partial charge in [0.15, 0.2) is 0 Å². The maximum Gasteiger partial charge on any atom is 0.139 e. The molecule has 0 aliphatic rings. The first kappa shape index (κ1) is 14.9. The Morgan fingerprint density at radius 2 is 2.00 bits per heavy atom. The number of rotatable bonds is 3. The first-order valence-corrected chi connectivity index (χ1v) is 7.70. The molecule has 0 bridgehead atoms. The highest BCUT2D eigenvalue weighted by Crippen LogP contribution is 2.40. The Kier molecular flexibility index (Phi) is 4.56. The zero-order valence-corrected chi connectivity index (χ0v) is 14.0. The molecule has 1 unspecified atom stereocenters. The summed E-state index contributed by atoms with van der Waals surface area (Å²) in [6.07, 6.45) is -0.734. The van der Waals surface area contributed by atoms with E-state index in [1.54, 1.807) is 30.6 Å². The normalized spacial score (nSPS) is 12.5. The van der Waals surface area contributed by atoms with E-state index in [9.17, 15) is 5.11 Å². The molecule has 0 spiro atoms. The Morgan fingerprint density at radius 1 is 1.32 bits per heavy atom. The van der Waals surface area contributed by atoms with Crippen molar-refractivity contribution < 1.29 is 9.84 Å². The quantitative estimate of drug-likeness (QED) is 0.845. The van der Waals surface area contributed by atoms with Gasteiger partial charge in [0.2, 0.25) is 0 Å². The fourth-order valence-electron chi connectivity index (χ4n) is 1.89. The smallest absolute Gasteiger partial charge is 0.139 e. The number of aliphatic hydroxyl groups excluding tert-OH is 1. The molecule has 0 amide bonds. The van der Waals surface area contributed by atoms with Gasteiger partial charge in [-0.2, -0.15) is 0 Å². The van der Waals surface area contributed by atoms with Gasteiger partial charge in [-0.1, -0.05) is 11.6 Å². The van der Waals surface area contributed by atoms with Crippen LogP contribution in [0.4, 0.5) is 0 Å². The summed E-state index contributed by atoms with van der Waals surface area (Å²) >= 11 is 11.0. The van der Waals surface area contributed by atoms with Crippen molar-refractivity contribution in [1.29, 1.82) is 0 Å². The van der Waals surface area contributed by atoms with E-state index in [0.717, 1.165) is 9.35 Å². The second-order valence-corrected chi connectivity index (χ2v) is 6.88. The maximum atomic E-state index is 10.5. The van der Waals surface area contributed by atoms with Gasteiger partial charge in [0.1, 0.15) is 11.9 Å². The lowest BCUT2D eigenvalue weighted by molar-refractivity contribution is 0.218. The minimum absolute atomic E-state index is 0.562. The van der Waals surface area contributed by atoms with E-state index in [-0.39, 0.29) is 0 Å². The molecule has 102 valence electrons. The number of hydrogen-bond acceptors (Lipinski definition) is 3. The fraction of sp³-hybridized carbons (Fsp3) is 0.286. The van der Waals surface area contributed by atoms with Crippen molar-refractivity contribution >= 4 is 38.9 Å². The van der Waals surface area contributed by atoms with Gasteiger partial charge in [-0.15, -0.1) is 11.3 Å². The lowest BCUT2D eigenvalue weighted by Gasteiger charge is -2.15. The zero-order valence-electron chi connectivity index (χ0n) is 10.8. The van der Waals surface area contributed by atoms with Gasteiger partial charge in [-0.25, -0.2) is 0 Å². The molecular weight excluding hydrogens is 348 g/mol. The van der Waals surface area contributed by atoms with Crippen molar-refractivity contribution in [2.45, 2.75) is 20.0 Å². The van der Waals surface area contributed by atoms with Crippen LogP contribution in [0.25, 0.3) is 0 Å². The van der Waals surface area contributed by atoms with Gasteiger partial charge in [0, 0.05) is 20.3 Å². The Morgan fingerprint density at radius 3 is 2.53 bits per heavy atom. The number of aliphatic hydroxyl groups is 1. The predicted octanol–water partition coefficient (Wildman–Crippen LogP) is 4.87. The van der Waals surface area contributed by atoms with Gasteiger partial charge < -0.3 is 9.84 Å². The van der Waals surface area contributed by atoms with E-state index in [2.05, 4.69) is 15.9 Å². The van der Waals surface area contributed by atoms with Crippen LogP contribution >= 0.6 is 38.9 Å². The summed E-state index contributed by atoms with van der Waals surface area (Å²) in [5.41, 5.74) is 1.85. The number of methoxy groups -OCH3 is 1. The molecule has 5 heteroatoms. The average molecular weight is 362 g/mol. The van der Waals surface area contributed by atoms with E-state index in [0.29, 0.717) is 16.3 Å². The van der Waals surface area contributed by atoms with Gasteiger partial charge in [0.25, 0.3) is 0 Å². The Bertz CT molecular complexity index is 590. The number of ether oxygens (including phenoxy) is 1. The summed E-state index contributed by atoms with van der Waals surface area (Å²) in [6.45, 7) is 4.08. The summed E-state index contributed by atoms with van der Waals surface area (Å²) in [5.74, 6) is 0.612. The Labute approximate surface area is 130 Å². The fourth-order valence-corrected chi connectivity index (χ4v) is 3.93. The lowest BCUT2D eigenvalue weighted by Crippen LogP contribution is -2.01. The summed E-state index contributed by atoms with van der Waals surface area (Å²) < 4.78 is 6.09. The Hall–Kier alpha value is -0.550. The van der Waals surface area contributed by atoms with Crippen LogP contribution in [0.5, 0.6) is 5.75 Å². The SMILES string of the molecule is COc1c(Br)cc(Cl)cc1C(O)c1cc(C)c(C)s1. The van der Waals surface area contributed by atoms with E-state index in [4.69, 9.17) is 16.3 Å². The van der Waals surface area contributed by atoms with Gasteiger partial charge in [-0.3, -0.25) is 0 Å². The maximum absolute atomic E-state index is 10.5. The van der Waals surface area contributed by atoms with E-state index < -0.39 is 6.10 Å². The molecule has 1 atom stereocenters. The largest absolute Gasteiger partial charge is 0.495 e. The van der Waals surface area contributed by atoms with Crippen LogP contribution in [0.2, 0.25) is 5.02 Å². The van der Waals surface area contributed by atoms with Gasteiger partial charge in [0.05, 0.1) is 11.6 Å². The minimum Gasteiger partial charge on any atom is -0.495 e. The van der Waals surface area contributed by atoms with Gasteiger partial charge >= 0.3 is 0 Å². The standard InChI is InChI=1S/C14H14BrClO2S/c1-7-4-12(19-8(7)2)13(17)10-5-9(16)6-11(15)14(10)18-3/h4-6,13,17H,1-3H3. The molecule has 0 aliphatic heterocycles. The molecule has 0 saturated heterocycles. The second kappa shape index (κ2) is 5.83. The van der Waals surface area contributed by atoms with Crippen molar-refractivity contribution in [1.82, 2.24) is 0 Å². The highest BCUT2D eigenvalue weighted by Gasteiger charge is 2.20. The highest BCUT2D eigenvalue weighted by molar-refractivity contribution is 9.10. The van der Waals surface area contributed by atoms with Crippen molar-refractivity contribution in [3.63, 3.8) is 0 Å². The van der Waals surface area contributed by atoms with Crippen LogP contribution in [0.1, 0.15) is 27.0 Å². The summed E-state index contributed by atoms with van der Waals surface area (Å²) in [5, 5.41) is 11.1. The third kappa shape index (κ3) is 2.97. The van der Waals surface area contributed by atoms with Crippen LogP contribution < -0.4 is 4.74 Å². The molecule has 1 N–H and O–H groups in total. The number of benzene rings is 1. The van der Waals surface area contributed by atoms with Crippen molar-refractivity contribution in [2.24, 2.45) is 0 Å². The zero-order chi connectivity index (χ0) is 14.2. The molecule has 1 aromatic carbocycles. The van der Waals surface area contributed by atoms with Crippen LogP contribution in [0.3, 0.4) is 0 Å². The molecule has 0 aliphatic carbocycles. The molecule has 0 radical (unpaired) electrons. The first-order valence-electron chi connectivity index (χ1n) is 5.72. The van der Waals surface area contributed by atoms with Crippen molar-refractivity contribution in [2.75, 3.05) is 7.11 Å². The lowest BCUT2D eigenvalue weighted by atomic mass is 10.1. The number of halogens is 2. The molecule has 19 heavy (non-hydrogen) atoms. The van der Waals surface area contributed by atoms with Crippen LogP contribution in [-0.2, 0) is 0 Å². The van der Waals surface area contributed by atoms with E-state index in [1.807, 2.05) is 19.9 Å². The minimum atomic E-state index is -0.734. The molecular formula is C14H14BrClO2S. The molecule has 2 rings (SSSR count). The Balaban J connectivity index is 2.51. The first-order chi connectivity index (χ1) is 8.93. The topological polar surface area (TPSA) is 29.5 Å². The molecule has 2 aromatic rings. The highest BCUT2D eigenvalue weighted by atomic mass is 79.9. The van der Waals surface area contributed by atoms with Crippen LogP contribution in [-0.4, -0.2) is 12.2 Å². The van der Waals surface area contributed by atoms with Crippen LogP contribution in [0.15, 0.2) is 22.7 Å². The predicted molar refractivity (Wildman–Crippen MR) is 83.6 cm³/mol. The monoisotopic (exact) mass is 360 g/mol. The summed E-state index contributed by atoms with van der Waals surface area (Å²) in [6, 6.07) is 5.49. The van der Waals surface area contributed by atoms with Crippen molar-refractivity contribution in [3.8, 4) is 5.75 Å². The molecule has 1 heterocycles. The second-order valence-electron chi connectivity index (χ2n) is 4.30. The summed E-state index contributed by atoms with van der Waals surface area (Å²) in [4.78, 5) is 2.09. The van der Waals surface area contributed by atoms with Gasteiger partial charge in [-0.05, 0) is 53.5 Å². The molecule has 0 fully saturated rings. The van der Waals surface area contributed by atoms with Crippen molar-refractivity contribution in [3.05, 3.63) is 48.6 Å². The molecule has 2 nitrogen and oxygen atoms in total. The number of aryl methyl sites for hydroxylation is 2. The van der Waals surface area contributed by atoms with E-state index >= 15 is 0 Å². The summed E-state index contributed by atoms with van der Waals surface area (Å²) in [7, 11) is 1.58. The van der Waals surface area contributed by atoms with Crippen LogP contribution in [0, 0.1) is 13.8 Å². The van der Waals surface area contributed by atoms with E-state index in [1.165, 1.54) is 10.4 Å². The third-order valence-corrected chi connectivity index (χ3v) is 5.00. The molecule has 1 aromatic heterocycles. The third-order valence-electron chi connectivity index (χ3n) is 2.99.